The second kappa shape index (κ2) is 8.32. The molecule has 1 saturated carbocycles. The molecule has 2 rings (SSSR count). The van der Waals surface area contributed by atoms with Gasteiger partial charge in [0.25, 0.3) is 0 Å². The fourth-order valence-corrected chi connectivity index (χ4v) is 3.77. The van der Waals surface area contributed by atoms with Crippen molar-refractivity contribution >= 4 is 0 Å². The quantitative estimate of drug-likeness (QED) is 0.689. The van der Waals surface area contributed by atoms with E-state index in [9.17, 15) is 0 Å². The first-order chi connectivity index (χ1) is 9.72. The minimum atomic E-state index is 0.691. The largest absolute Gasteiger partial charge is 0.382 e. The minimum Gasteiger partial charge on any atom is -0.382 e. The molecule has 0 spiro atoms. The molecule has 118 valence electrons. The van der Waals surface area contributed by atoms with Gasteiger partial charge < -0.3 is 19.7 Å². The van der Waals surface area contributed by atoms with Crippen LogP contribution in [0.1, 0.15) is 33.1 Å². The number of methoxy groups -OCH3 is 1. The van der Waals surface area contributed by atoms with Gasteiger partial charge in [-0.3, -0.25) is 0 Å². The van der Waals surface area contributed by atoms with E-state index in [1.54, 1.807) is 7.11 Å². The number of hydrogen-bond donors (Lipinski definition) is 1. The van der Waals surface area contributed by atoms with Crippen LogP contribution in [0.3, 0.4) is 0 Å². The zero-order valence-electron chi connectivity index (χ0n) is 13.4. The van der Waals surface area contributed by atoms with Crippen LogP contribution in [0, 0.1) is 11.8 Å². The zero-order valence-corrected chi connectivity index (χ0v) is 13.4. The van der Waals surface area contributed by atoms with Crippen molar-refractivity contribution in [1.29, 1.82) is 0 Å². The molecule has 4 nitrogen and oxygen atoms in total. The van der Waals surface area contributed by atoms with Gasteiger partial charge >= 0.3 is 0 Å². The summed E-state index contributed by atoms with van der Waals surface area (Å²) in [5, 5.41) is 3.77. The highest BCUT2D eigenvalue weighted by Gasteiger charge is 2.39. The summed E-state index contributed by atoms with van der Waals surface area (Å²) < 4.78 is 10.5. The van der Waals surface area contributed by atoms with Crippen molar-refractivity contribution in [2.24, 2.45) is 11.8 Å². The summed E-state index contributed by atoms with van der Waals surface area (Å²) in [6.07, 6.45) is 4.20. The predicted molar refractivity (Wildman–Crippen MR) is 82.0 cm³/mol. The van der Waals surface area contributed by atoms with Gasteiger partial charge in [0, 0.05) is 38.8 Å². The molecule has 1 heterocycles. The van der Waals surface area contributed by atoms with E-state index in [1.165, 1.54) is 32.4 Å². The van der Waals surface area contributed by atoms with E-state index < -0.39 is 0 Å². The van der Waals surface area contributed by atoms with E-state index in [0.29, 0.717) is 25.3 Å². The molecular formula is C16H32N2O2. The van der Waals surface area contributed by atoms with Gasteiger partial charge in [0.05, 0.1) is 19.8 Å². The third kappa shape index (κ3) is 4.42. The second-order valence-electron chi connectivity index (χ2n) is 6.58. The molecule has 2 bridgehead atoms. The third-order valence-corrected chi connectivity index (χ3v) is 4.89. The first kappa shape index (κ1) is 16.2. The number of ether oxygens (including phenoxy) is 2. The van der Waals surface area contributed by atoms with Crippen molar-refractivity contribution in [3.63, 3.8) is 0 Å². The van der Waals surface area contributed by atoms with Crippen LogP contribution >= 0.6 is 0 Å². The zero-order chi connectivity index (χ0) is 14.4. The number of fused-ring (bicyclic) bond motifs is 2. The van der Waals surface area contributed by atoms with Crippen molar-refractivity contribution < 1.29 is 9.47 Å². The highest BCUT2D eigenvalue weighted by molar-refractivity contribution is 4.95. The van der Waals surface area contributed by atoms with Crippen LogP contribution in [0.25, 0.3) is 0 Å². The summed E-state index contributed by atoms with van der Waals surface area (Å²) >= 11 is 0. The molecule has 2 aliphatic rings. The van der Waals surface area contributed by atoms with Crippen LogP contribution in [0.2, 0.25) is 0 Å². The minimum absolute atomic E-state index is 0.691. The number of hydrogen-bond acceptors (Lipinski definition) is 4. The van der Waals surface area contributed by atoms with Crippen LogP contribution in [-0.2, 0) is 9.47 Å². The smallest absolute Gasteiger partial charge is 0.0700 e. The lowest BCUT2D eigenvalue weighted by molar-refractivity contribution is 0.0228. The molecule has 1 N–H and O–H groups in total. The van der Waals surface area contributed by atoms with Gasteiger partial charge in [0.2, 0.25) is 0 Å². The molecule has 1 aliphatic heterocycles. The van der Waals surface area contributed by atoms with Crippen LogP contribution in [0.15, 0.2) is 0 Å². The molecule has 0 aromatic rings. The Morgan fingerprint density at radius 2 is 1.80 bits per heavy atom. The van der Waals surface area contributed by atoms with Crippen molar-refractivity contribution in [3.05, 3.63) is 0 Å². The molecule has 0 aromatic heterocycles. The van der Waals surface area contributed by atoms with E-state index in [2.05, 4.69) is 24.1 Å². The molecule has 20 heavy (non-hydrogen) atoms. The number of rotatable bonds is 8. The number of piperidine rings is 1. The Bertz CT molecular complexity index is 259. The van der Waals surface area contributed by atoms with Crippen molar-refractivity contribution in [3.8, 4) is 0 Å². The van der Waals surface area contributed by atoms with Gasteiger partial charge in [-0.15, -0.1) is 0 Å². The van der Waals surface area contributed by atoms with Crippen molar-refractivity contribution in [1.82, 2.24) is 10.2 Å². The van der Waals surface area contributed by atoms with E-state index in [1.807, 2.05) is 0 Å². The summed E-state index contributed by atoms with van der Waals surface area (Å²) in [5.41, 5.74) is 0. The standard InChI is InChI=1S/C16H32N2O2/c1-13(2)18-11-14-5-4-6-15(12-18)16(14)17-7-8-20-10-9-19-3/h13-17H,4-12H2,1-3H3. The molecule has 0 aromatic carbocycles. The first-order valence-corrected chi connectivity index (χ1v) is 8.26. The highest BCUT2D eigenvalue weighted by Crippen LogP contribution is 2.35. The first-order valence-electron chi connectivity index (χ1n) is 8.26. The summed E-state index contributed by atoms with van der Waals surface area (Å²) in [6, 6.07) is 1.40. The van der Waals surface area contributed by atoms with Gasteiger partial charge in [0.1, 0.15) is 0 Å². The van der Waals surface area contributed by atoms with Crippen LogP contribution in [0.4, 0.5) is 0 Å². The predicted octanol–water partition coefficient (Wildman–Crippen LogP) is 1.75. The van der Waals surface area contributed by atoms with Crippen LogP contribution in [0.5, 0.6) is 0 Å². The SMILES string of the molecule is COCCOCCNC1C2CCCC1CN(C(C)C)C2. The number of likely N-dealkylation sites (tertiary alicyclic amines) is 1. The Hall–Kier alpha value is -0.160. The number of nitrogens with one attached hydrogen (secondary N) is 1. The maximum Gasteiger partial charge on any atom is 0.0700 e. The second-order valence-corrected chi connectivity index (χ2v) is 6.58. The van der Waals surface area contributed by atoms with Gasteiger partial charge in [0.15, 0.2) is 0 Å². The maximum atomic E-state index is 5.55. The van der Waals surface area contributed by atoms with Gasteiger partial charge in [-0.1, -0.05) is 6.42 Å². The topological polar surface area (TPSA) is 33.7 Å². The van der Waals surface area contributed by atoms with Gasteiger partial charge in [-0.2, -0.15) is 0 Å². The Morgan fingerprint density at radius 3 is 2.40 bits per heavy atom. The van der Waals surface area contributed by atoms with E-state index >= 15 is 0 Å². The van der Waals surface area contributed by atoms with Crippen LogP contribution < -0.4 is 5.32 Å². The van der Waals surface area contributed by atoms with Gasteiger partial charge in [-0.05, 0) is 38.5 Å². The van der Waals surface area contributed by atoms with Crippen molar-refractivity contribution in [2.75, 3.05) is 46.6 Å². The molecule has 1 aliphatic carbocycles. The summed E-state index contributed by atoms with van der Waals surface area (Å²) in [7, 11) is 1.71. The van der Waals surface area contributed by atoms with E-state index in [-0.39, 0.29) is 0 Å². The van der Waals surface area contributed by atoms with E-state index in [0.717, 1.165) is 25.0 Å². The molecule has 0 amide bonds. The molecule has 4 heteroatoms. The van der Waals surface area contributed by atoms with Crippen molar-refractivity contribution in [2.45, 2.75) is 45.2 Å². The molecular weight excluding hydrogens is 252 g/mol. The average Bonchev–Trinajstić information content (AvgIpc) is 2.41. The van der Waals surface area contributed by atoms with Crippen LogP contribution in [-0.4, -0.2) is 63.5 Å². The maximum absolute atomic E-state index is 5.55. The Kier molecular flexibility index (Phi) is 6.75. The average molecular weight is 284 g/mol. The lowest BCUT2D eigenvalue weighted by atomic mass is 9.73. The molecule has 2 unspecified atom stereocenters. The van der Waals surface area contributed by atoms with Gasteiger partial charge in [-0.25, -0.2) is 0 Å². The highest BCUT2D eigenvalue weighted by atomic mass is 16.5. The Balaban J connectivity index is 1.72. The number of nitrogens with zero attached hydrogens (tertiary/aromatic N) is 1. The molecule has 0 radical (unpaired) electrons. The van der Waals surface area contributed by atoms with E-state index in [4.69, 9.17) is 9.47 Å². The summed E-state index contributed by atoms with van der Waals surface area (Å²) in [4.78, 5) is 2.67. The lowest BCUT2D eigenvalue weighted by Gasteiger charge is -2.49. The lowest BCUT2D eigenvalue weighted by Crippen LogP contribution is -2.58. The molecule has 1 saturated heterocycles. The Morgan fingerprint density at radius 1 is 1.10 bits per heavy atom. The Labute approximate surface area is 124 Å². The normalized spacial score (nSPS) is 30.9. The summed E-state index contributed by atoms with van der Waals surface area (Å²) in [5.74, 6) is 1.67. The summed E-state index contributed by atoms with van der Waals surface area (Å²) in [6.45, 7) is 10.4. The monoisotopic (exact) mass is 284 g/mol. The molecule has 2 atom stereocenters. The third-order valence-electron chi connectivity index (χ3n) is 4.89. The fraction of sp³-hybridized carbons (Fsp3) is 1.00. The fourth-order valence-electron chi connectivity index (χ4n) is 3.77. The molecule has 2 fully saturated rings.